The summed E-state index contributed by atoms with van der Waals surface area (Å²) in [5.74, 6) is -0.545. The van der Waals surface area contributed by atoms with Crippen molar-refractivity contribution in [3.8, 4) is 0 Å². The number of nitrogens with one attached hydrogen (secondary N) is 1. The Labute approximate surface area is 114 Å². The molecule has 1 amide bonds. The Kier molecular flexibility index (Phi) is 5.35. The molecule has 1 atom stereocenters. The van der Waals surface area contributed by atoms with Crippen molar-refractivity contribution < 1.29 is 13.9 Å². The molecule has 1 aromatic rings. The highest BCUT2D eigenvalue weighted by molar-refractivity contribution is 9.10. The molecule has 0 aliphatic rings. The van der Waals surface area contributed by atoms with Gasteiger partial charge in [-0.3, -0.25) is 9.00 Å². The van der Waals surface area contributed by atoms with E-state index < -0.39 is 27.4 Å². The summed E-state index contributed by atoms with van der Waals surface area (Å²) in [6.07, 6.45) is 2.73. The van der Waals surface area contributed by atoms with Gasteiger partial charge in [-0.1, -0.05) is 0 Å². The van der Waals surface area contributed by atoms with E-state index >= 15 is 0 Å². The van der Waals surface area contributed by atoms with Crippen molar-refractivity contribution in [1.29, 1.82) is 0 Å². The second kappa shape index (κ2) is 6.55. The minimum atomic E-state index is -1.00. The van der Waals surface area contributed by atoms with Crippen LogP contribution in [-0.4, -0.2) is 38.6 Å². The number of rotatable bonds is 5. The summed E-state index contributed by atoms with van der Waals surface area (Å²) in [6, 6.07) is 1.09. The first kappa shape index (κ1) is 14.7. The van der Waals surface area contributed by atoms with Crippen LogP contribution in [0.25, 0.3) is 0 Å². The number of pyridine rings is 1. The van der Waals surface area contributed by atoms with Gasteiger partial charge in [0, 0.05) is 35.4 Å². The molecule has 0 aromatic carbocycles. The summed E-state index contributed by atoms with van der Waals surface area (Å²) >= 11 is 3.10. The lowest BCUT2D eigenvalue weighted by molar-refractivity contribution is -0.389. The minimum Gasteiger partial charge on any atom is -0.358 e. The molecule has 0 bridgehead atoms. The van der Waals surface area contributed by atoms with Gasteiger partial charge in [-0.05, 0) is 25.8 Å². The van der Waals surface area contributed by atoms with E-state index in [1.807, 2.05) is 0 Å². The third-order valence-electron chi connectivity index (χ3n) is 1.95. The second-order valence-corrected chi connectivity index (χ2v) is 5.72. The molecule has 9 heteroatoms. The molecule has 1 rings (SSSR count). The normalized spacial score (nSPS) is 11.9. The number of carbonyl (C=O) groups is 1. The number of amides is 1. The van der Waals surface area contributed by atoms with Crippen molar-refractivity contribution in [2.45, 2.75) is 0 Å². The summed E-state index contributed by atoms with van der Waals surface area (Å²) in [5, 5.41) is 13.1. The van der Waals surface area contributed by atoms with Crippen molar-refractivity contribution in [2.75, 3.05) is 18.6 Å². The number of halogens is 1. The number of nitro groups is 1. The molecular formula is C9H10BrN3O4S. The molecule has 0 radical (unpaired) electrons. The van der Waals surface area contributed by atoms with Crippen molar-refractivity contribution in [1.82, 2.24) is 10.3 Å². The number of aromatic nitrogens is 1. The van der Waals surface area contributed by atoms with Gasteiger partial charge in [-0.25, -0.2) is 0 Å². The van der Waals surface area contributed by atoms with Gasteiger partial charge in [0.1, 0.15) is 0 Å². The predicted octanol–water partition coefficient (Wildman–Crippen LogP) is 0.861. The van der Waals surface area contributed by atoms with Gasteiger partial charge in [-0.2, -0.15) is 0 Å². The van der Waals surface area contributed by atoms with Crippen LogP contribution in [0.3, 0.4) is 0 Å². The molecule has 0 spiro atoms. The van der Waals surface area contributed by atoms with Gasteiger partial charge in [0.15, 0.2) is 6.20 Å². The summed E-state index contributed by atoms with van der Waals surface area (Å²) in [4.78, 5) is 25.2. The highest BCUT2D eigenvalue weighted by atomic mass is 79.9. The van der Waals surface area contributed by atoms with E-state index in [0.29, 0.717) is 10.2 Å². The van der Waals surface area contributed by atoms with Crippen LogP contribution in [0, 0.1) is 10.1 Å². The van der Waals surface area contributed by atoms with E-state index in [0.717, 1.165) is 6.07 Å². The Balaban J connectivity index is 2.81. The van der Waals surface area contributed by atoms with Gasteiger partial charge in [0.25, 0.3) is 5.91 Å². The fourth-order valence-electron chi connectivity index (χ4n) is 1.11. The van der Waals surface area contributed by atoms with Crippen molar-refractivity contribution >= 4 is 38.5 Å². The molecule has 1 heterocycles. The number of carbonyl (C=O) groups excluding carboxylic acids is 1. The number of nitrogens with zero attached hydrogens (tertiary/aromatic N) is 2. The zero-order chi connectivity index (χ0) is 13.7. The first-order valence-corrected chi connectivity index (χ1v) is 7.32. The van der Waals surface area contributed by atoms with E-state index in [2.05, 4.69) is 26.2 Å². The van der Waals surface area contributed by atoms with Gasteiger partial charge in [-0.15, -0.1) is 0 Å². The lowest BCUT2D eigenvalue weighted by Crippen LogP contribution is -2.28. The second-order valence-electron chi connectivity index (χ2n) is 3.31. The maximum atomic E-state index is 11.7. The summed E-state index contributed by atoms with van der Waals surface area (Å²) in [6.45, 7) is 0.241. The highest BCUT2D eigenvalue weighted by Gasteiger charge is 2.17. The fourth-order valence-corrected chi connectivity index (χ4v) is 1.89. The molecule has 0 saturated heterocycles. The van der Waals surface area contributed by atoms with Crippen molar-refractivity contribution in [3.05, 3.63) is 32.4 Å². The van der Waals surface area contributed by atoms with Crippen molar-refractivity contribution in [3.63, 3.8) is 0 Å². The number of hydrogen-bond donors (Lipinski definition) is 1. The van der Waals surface area contributed by atoms with E-state index in [4.69, 9.17) is 0 Å². The van der Waals surface area contributed by atoms with E-state index in [-0.39, 0.29) is 12.1 Å². The molecule has 98 valence electrons. The van der Waals surface area contributed by atoms with Crippen LogP contribution < -0.4 is 5.32 Å². The maximum Gasteiger partial charge on any atom is 0.364 e. The molecule has 0 fully saturated rings. The van der Waals surface area contributed by atoms with Crippen molar-refractivity contribution in [2.24, 2.45) is 0 Å². The third-order valence-corrected chi connectivity index (χ3v) is 3.36. The molecule has 0 saturated carbocycles. The standard InChI is InChI=1S/C9H10BrN3O4S/c1-18(17)3-2-11-9(14)6-4-8(13(15)16)12-5-7(6)10/h4-5H,2-3H2,1H3,(H,11,14). The molecule has 1 N–H and O–H groups in total. The third kappa shape index (κ3) is 4.15. The van der Waals surface area contributed by atoms with Crippen LogP contribution in [-0.2, 0) is 10.8 Å². The summed E-state index contributed by atoms with van der Waals surface area (Å²) in [5.41, 5.74) is 0.124. The molecule has 1 aromatic heterocycles. The molecule has 18 heavy (non-hydrogen) atoms. The fraction of sp³-hybridized carbons (Fsp3) is 0.333. The van der Waals surface area contributed by atoms with E-state index in [9.17, 15) is 19.1 Å². The monoisotopic (exact) mass is 335 g/mol. The summed E-state index contributed by atoms with van der Waals surface area (Å²) in [7, 11) is -1.00. The zero-order valence-corrected chi connectivity index (χ0v) is 11.8. The molecule has 0 aliphatic heterocycles. The Bertz CT molecular complexity index is 509. The zero-order valence-electron chi connectivity index (χ0n) is 9.38. The Morgan fingerprint density at radius 2 is 2.33 bits per heavy atom. The van der Waals surface area contributed by atoms with Gasteiger partial charge < -0.3 is 15.4 Å². The average molecular weight is 336 g/mol. The minimum absolute atomic E-state index is 0.124. The quantitative estimate of drug-likeness (QED) is 0.635. The first-order valence-electron chi connectivity index (χ1n) is 4.80. The van der Waals surface area contributed by atoms with Crippen LogP contribution in [0.15, 0.2) is 16.7 Å². The van der Waals surface area contributed by atoms with E-state index in [1.54, 1.807) is 0 Å². The molecule has 1 unspecified atom stereocenters. The lowest BCUT2D eigenvalue weighted by Gasteiger charge is -2.04. The van der Waals surface area contributed by atoms with Crippen LogP contribution in [0.1, 0.15) is 10.4 Å². The van der Waals surface area contributed by atoms with Crippen LogP contribution in [0.5, 0.6) is 0 Å². The Morgan fingerprint density at radius 1 is 1.67 bits per heavy atom. The Morgan fingerprint density at radius 3 is 2.89 bits per heavy atom. The topological polar surface area (TPSA) is 102 Å². The lowest BCUT2D eigenvalue weighted by atomic mass is 10.2. The van der Waals surface area contributed by atoms with Crippen LogP contribution in [0.2, 0.25) is 0 Å². The predicted molar refractivity (Wildman–Crippen MR) is 69.9 cm³/mol. The molecule has 0 aliphatic carbocycles. The maximum absolute atomic E-state index is 11.7. The first-order chi connectivity index (χ1) is 8.41. The average Bonchev–Trinajstić information content (AvgIpc) is 2.28. The summed E-state index contributed by atoms with van der Waals surface area (Å²) < 4.78 is 11.2. The van der Waals surface area contributed by atoms with Gasteiger partial charge in [0.2, 0.25) is 0 Å². The SMILES string of the molecule is CS(=O)CCNC(=O)c1cc([N+](=O)[O-])ncc1Br. The Hall–Kier alpha value is -1.35. The highest BCUT2D eigenvalue weighted by Crippen LogP contribution is 2.19. The van der Waals surface area contributed by atoms with Crippen LogP contribution >= 0.6 is 15.9 Å². The molecule has 7 nitrogen and oxygen atoms in total. The smallest absolute Gasteiger partial charge is 0.358 e. The molecular weight excluding hydrogens is 326 g/mol. The largest absolute Gasteiger partial charge is 0.364 e. The number of hydrogen-bond acceptors (Lipinski definition) is 5. The van der Waals surface area contributed by atoms with Gasteiger partial charge >= 0.3 is 5.82 Å². The van der Waals surface area contributed by atoms with Gasteiger partial charge in [0.05, 0.1) is 10.0 Å². The van der Waals surface area contributed by atoms with E-state index in [1.165, 1.54) is 12.5 Å². The van der Waals surface area contributed by atoms with Crippen LogP contribution in [0.4, 0.5) is 5.82 Å².